The monoisotopic (exact) mass is 286 g/mol. The molecular weight excluding hydrogens is 264 g/mol. The molecule has 5 heteroatoms. The third-order valence-corrected chi connectivity index (χ3v) is 3.18. The molecule has 0 saturated heterocycles. The number of anilines is 1. The van der Waals surface area contributed by atoms with Crippen LogP contribution in [-0.2, 0) is 4.79 Å². The van der Waals surface area contributed by atoms with E-state index in [4.69, 9.17) is 0 Å². The minimum Gasteiger partial charge on any atom is -0.374 e. The van der Waals surface area contributed by atoms with Gasteiger partial charge in [0.25, 0.3) is 0 Å². The molecule has 112 valence electrons. The van der Waals surface area contributed by atoms with Gasteiger partial charge in [-0.25, -0.2) is 0 Å². The molecule has 0 aliphatic rings. The normalized spacial score (nSPS) is 10.8. The number of carbonyl (C=O) groups excluding carboxylic acids is 1. The lowest BCUT2D eigenvalue weighted by atomic mass is 10.2. The summed E-state index contributed by atoms with van der Waals surface area (Å²) in [6.45, 7) is 1.94. The Morgan fingerprint density at radius 2 is 2.05 bits per heavy atom. The van der Waals surface area contributed by atoms with Crippen LogP contribution in [0.25, 0.3) is 10.9 Å². The van der Waals surface area contributed by atoms with E-state index in [0.717, 1.165) is 29.6 Å². The smallest absolute Gasteiger partial charge is 0.239 e. The molecule has 0 aliphatic carbocycles. The number of carbonyl (C=O) groups is 1. The Labute approximate surface area is 125 Å². The summed E-state index contributed by atoms with van der Waals surface area (Å²) in [5, 5.41) is 7.12. The van der Waals surface area contributed by atoms with Crippen LogP contribution < -0.4 is 10.6 Å². The van der Waals surface area contributed by atoms with Crippen LogP contribution in [0.15, 0.2) is 36.5 Å². The van der Waals surface area contributed by atoms with Crippen LogP contribution in [0.4, 0.5) is 5.69 Å². The van der Waals surface area contributed by atoms with Gasteiger partial charge in [-0.15, -0.1) is 0 Å². The zero-order valence-electron chi connectivity index (χ0n) is 12.6. The van der Waals surface area contributed by atoms with Crippen molar-refractivity contribution in [1.29, 1.82) is 0 Å². The van der Waals surface area contributed by atoms with Gasteiger partial charge >= 0.3 is 0 Å². The Hall–Kier alpha value is -2.14. The number of hydrogen-bond acceptors (Lipinski definition) is 4. The zero-order chi connectivity index (χ0) is 15.1. The van der Waals surface area contributed by atoms with E-state index in [2.05, 4.69) is 20.5 Å². The second kappa shape index (κ2) is 7.59. The Morgan fingerprint density at radius 1 is 1.24 bits per heavy atom. The summed E-state index contributed by atoms with van der Waals surface area (Å²) in [4.78, 5) is 18.2. The maximum Gasteiger partial charge on any atom is 0.239 e. The molecule has 0 bridgehead atoms. The highest BCUT2D eigenvalue weighted by molar-refractivity contribution is 5.91. The summed E-state index contributed by atoms with van der Waals surface area (Å²) in [6.07, 6.45) is 2.71. The van der Waals surface area contributed by atoms with Gasteiger partial charge in [-0.1, -0.05) is 18.2 Å². The maximum atomic E-state index is 11.8. The molecule has 0 saturated carbocycles. The molecule has 0 radical (unpaired) electrons. The molecule has 21 heavy (non-hydrogen) atoms. The number of nitrogens with one attached hydrogen (secondary N) is 2. The third kappa shape index (κ3) is 4.72. The highest BCUT2D eigenvalue weighted by Crippen LogP contribution is 2.20. The topological polar surface area (TPSA) is 57.3 Å². The van der Waals surface area contributed by atoms with E-state index in [1.165, 1.54) is 0 Å². The first kappa shape index (κ1) is 15.3. The second-order valence-corrected chi connectivity index (χ2v) is 5.24. The predicted octanol–water partition coefficient (Wildman–Crippen LogP) is 1.71. The fraction of sp³-hybridized carbons (Fsp3) is 0.375. The van der Waals surface area contributed by atoms with E-state index in [1.54, 1.807) is 6.20 Å². The van der Waals surface area contributed by atoms with Gasteiger partial charge in [-0.2, -0.15) is 0 Å². The fourth-order valence-electron chi connectivity index (χ4n) is 2.11. The number of aromatic nitrogens is 1. The van der Waals surface area contributed by atoms with Gasteiger partial charge in [-0.05, 0) is 39.2 Å². The van der Waals surface area contributed by atoms with Crippen LogP contribution in [0.2, 0.25) is 0 Å². The average molecular weight is 286 g/mol. The molecule has 2 aromatic rings. The van der Waals surface area contributed by atoms with Gasteiger partial charge < -0.3 is 15.5 Å². The summed E-state index contributed by atoms with van der Waals surface area (Å²) in [5.41, 5.74) is 1.77. The van der Waals surface area contributed by atoms with E-state index < -0.39 is 0 Å². The maximum absolute atomic E-state index is 11.8. The zero-order valence-corrected chi connectivity index (χ0v) is 12.6. The molecule has 0 aliphatic heterocycles. The molecule has 1 heterocycles. The third-order valence-electron chi connectivity index (χ3n) is 3.18. The molecule has 0 atom stereocenters. The van der Waals surface area contributed by atoms with Gasteiger partial charge in [0.15, 0.2) is 0 Å². The molecule has 1 aromatic heterocycles. The van der Waals surface area contributed by atoms with Crippen molar-refractivity contribution in [3.05, 3.63) is 36.5 Å². The van der Waals surface area contributed by atoms with Crippen LogP contribution >= 0.6 is 0 Å². The van der Waals surface area contributed by atoms with Crippen molar-refractivity contribution < 1.29 is 4.79 Å². The lowest BCUT2D eigenvalue weighted by Crippen LogP contribution is -2.32. The molecule has 1 aromatic carbocycles. The number of benzene rings is 1. The van der Waals surface area contributed by atoms with Gasteiger partial charge in [0.05, 0.1) is 17.7 Å². The number of rotatable bonds is 7. The number of pyridine rings is 1. The van der Waals surface area contributed by atoms with Gasteiger partial charge in [0, 0.05) is 18.1 Å². The molecular formula is C16H22N4O. The lowest BCUT2D eigenvalue weighted by Gasteiger charge is -2.11. The van der Waals surface area contributed by atoms with Gasteiger partial charge in [0.2, 0.25) is 5.91 Å². The predicted molar refractivity (Wildman–Crippen MR) is 86.4 cm³/mol. The van der Waals surface area contributed by atoms with Crippen LogP contribution in [0, 0.1) is 0 Å². The molecule has 0 fully saturated rings. The van der Waals surface area contributed by atoms with E-state index in [1.807, 2.05) is 44.4 Å². The number of nitrogens with zero attached hydrogens (tertiary/aromatic N) is 2. The van der Waals surface area contributed by atoms with E-state index in [0.29, 0.717) is 6.54 Å². The first-order valence-electron chi connectivity index (χ1n) is 7.16. The molecule has 1 amide bonds. The van der Waals surface area contributed by atoms with Crippen LogP contribution in [0.1, 0.15) is 6.42 Å². The van der Waals surface area contributed by atoms with E-state index in [-0.39, 0.29) is 12.5 Å². The van der Waals surface area contributed by atoms with E-state index in [9.17, 15) is 4.79 Å². The minimum atomic E-state index is 0.00157. The van der Waals surface area contributed by atoms with Crippen LogP contribution in [0.3, 0.4) is 0 Å². The van der Waals surface area contributed by atoms with Gasteiger partial charge in [-0.3, -0.25) is 9.78 Å². The second-order valence-electron chi connectivity index (χ2n) is 5.24. The van der Waals surface area contributed by atoms with Crippen LogP contribution in [-0.4, -0.2) is 49.5 Å². The Bertz CT molecular complexity index is 592. The van der Waals surface area contributed by atoms with Crippen LogP contribution in [0.5, 0.6) is 0 Å². The standard InChI is InChI=1S/C16H22N4O/c1-20(2)11-5-10-17-15(21)12-19-14-8-3-6-13-7-4-9-18-16(13)14/h3-4,6-9,19H,5,10-12H2,1-2H3,(H,17,21). The number of amides is 1. The van der Waals surface area contributed by atoms with Crippen molar-refractivity contribution in [2.75, 3.05) is 39.0 Å². The lowest BCUT2D eigenvalue weighted by molar-refractivity contribution is -0.119. The van der Waals surface area contributed by atoms with Crippen molar-refractivity contribution in [3.8, 4) is 0 Å². The minimum absolute atomic E-state index is 0.00157. The van der Waals surface area contributed by atoms with Gasteiger partial charge in [0.1, 0.15) is 0 Å². The highest BCUT2D eigenvalue weighted by Gasteiger charge is 2.04. The molecule has 2 N–H and O–H groups in total. The first-order chi connectivity index (χ1) is 10.2. The van der Waals surface area contributed by atoms with Crippen molar-refractivity contribution >= 4 is 22.5 Å². The Balaban J connectivity index is 1.83. The summed E-state index contributed by atoms with van der Waals surface area (Å²) >= 11 is 0. The average Bonchev–Trinajstić information content (AvgIpc) is 2.49. The number of para-hydroxylation sites is 1. The SMILES string of the molecule is CN(C)CCCNC(=O)CNc1cccc2cccnc12. The Kier molecular flexibility index (Phi) is 5.51. The quantitative estimate of drug-likeness (QED) is 0.761. The molecule has 2 rings (SSSR count). The molecule has 0 unspecified atom stereocenters. The van der Waals surface area contributed by atoms with Crippen molar-refractivity contribution in [2.24, 2.45) is 0 Å². The molecule has 0 spiro atoms. The summed E-state index contributed by atoms with van der Waals surface area (Å²) in [6, 6.07) is 9.82. The number of hydrogen-bond donors (Lipinski definition) is 2. The summed E-state index contributed by atoms with van der Waals surface area (Å²) in [5.74, 6) is 0.00157. The number of fused-ring (bicyclic) bond motifs is 1. The van der Waals surface area contributed by atoms with Crippen molar-refractivity contribution in [3.63, 3.8) is 0 Å². The largest absolute Gasteiger partial charge is 0.374 e. The molecule has 5 nitrogen and oxygen atoms in total. The Morgan fingerprint density at radius 3 is 2.86 bits per heavy atom. The summed E-state index contributed by atoms with van der Waals surface area (Å²) < 4.78 is 0. The van der Waals surface area contributed by atoms with Crippen molar-refractivity contribution in [1.82, 2.24) is 15.2 Å². The van der Waals surface area contributed by atoms with Crippen molar-refractivity contribution in [2.45, 2.75) is 6.42 Å². The first-order valence-corrected chi connectivity index (χ1v) is 7.16. The van der Waals surface area contributed by atoms with E-state index >= 15 is 0 Å². The fourth-order valence-corrected chi connectivity index (χ4v) is 2.11. The highest BCUT2D eigenvalue weighted by atomic mass is 16.1. The summed E-state index contributed by atoms with van der Waals surface area (Å²) in [7, 11) is 4.05.